The molecule has 0 radical (unpaired) electrons. The van der Waals surface area contributed by atoms with Gasteiger partial charge in [-0.25, -0.2) is 0 Å². The maximum atomic E-state index is 15.1. The fraction of sp³-hybridized carbons (Fsp3) is 0.139. The number of rotatable bonds is 8. The highest BCUT2D eigenvalue weighted by Crippen LogP contribution is 2.62. The van der Waals surface area contributed by atoms with Gasteiger partial charge in [0.1, 0.15) is 23.8 Å². The van der Waals surface area contributed by atoms with Crippen LogP contribution in [0.3, 0.4) is 0 Å². The van der Waals surface area contributed by atoms with Crippen molar-refractivity contribution < 1.29 is 24.0 Å². The Morgan fingerprint density at radius 2 is 1.73 bits per heavy atom. The lowest BCUT2D eigenvalue weighted by molar-refractivity contribution is -0.384. The fourth-order valence-electron chi connectivity index (χ4n) is 7.22. The first-order valence-corrected chi connectivity index (χ1v) is 14.5. The molecular formula is C36H27N3O6. The molecular weight excluding hydrogens is 570 g/mol. The number of non-ortho nitro benzene ring substituents is 1. The predicted molar refractivity (Wildman–Crippen MR) is 168 cm³/mol. The molecule has 1 fully saturated rings. The minimum absolute atomic E-state index is 0.0675. The molecule has 1 spiro atoms. The summed E-state index contributed by atoms with van der Waals surface area (Å²) in [7, 11) is 0. The molecule has 1 amide bonds. The topological polar surface area (TPSA) is 119 Å². The first kappa shape index (κ1) is 28.0. The van der Waals surface area contributed by atoms with Crippen LogP contribution in [0.2, 0.25) is 0 Å². The molecule has 0 bridgehead atoms. The minimum atomic E-state index is -1.54. The Morgan fingerprint density at radius 1 is 0.978 bits per heavy atom. The fourth-order valence-corrected chi connectivity index (χ4v) is 7.22. The van der Waals surface area contributed by atoms with Gasteiger partial charge in [0.05, 0.1) is 22.4 Å². The molecule has 7 rings (SSSR count). The van der Waals surface area contributed by atoms with Gasteiger partial charge in [-0.15, -0.1) is 0 Å². The van der Waals surface area contributed by atoms with Crippen molar-refractivity contribution in [3.8, 4) is 5.75 Å². The van der Waals surface area contributed by atoms with E-state index in [1.807, 2.05) is 42.5 Å². The van der Waals surface area contributed by atoms with Crippen molar-refractivity contribution in [2.24, 2.45) is 5.92 Å². The van der Waals surface area contributed by atoms with E-state index >= 15 is 4.79 Å². The normalized spacial score (nSPS) is 22.3. The molecule has 0 aliphatic carbocycles. The SMILES string of the molecule is C=CCOc1ccccc1C(=O)[C@H]1[C@@H](C(=O)c2cccc([N+](=O)[O-])c2)N2C=Cc3ccccc3[C@@H]2[C@]12C(=O)Nc1ccccc12. The number of hydrogen-bond acceptors (Lipinski definition) is 7. The number of nitro groups is 1. The van der Waals surface area contributed by atoms with Crippen LogP contribution in [0.1, 0.15) is 43.4 Å². The molecule has 45 heavy (non-hydrogen) atoms. The van der Waals surface area contributed by atoms with Crippen LogP contribution >= 0.6 is 0 Å². The molecule has 222 valence electrons. The van der Waals surface area contributed by atoms with Crippen LogP contribution in [-0.4, -0.2) is 39.9 Å². The summed E-state index contributed by atoms with van der Waals surface area (Å²) >= 11 is 0. The van der Waals surface area contributed by atoms with Gasteiger partial charge in [0, 0.05) is 29.6 Å². The summed E-state index contributed by atoms with van der Waals surface area (Å²) in [5, 5.41) is 14.7. The number of nitrogens with zero attached hydrogens (tertiary/aromatic N) is 2. The average Bonchev–Trinajstić information content (AvgIpc) is 3.55. The number of Topliss-reactive ketones (excluding diaryl/α,β-unsaturated/α-hetero) is 2. The number of nitro benzene ring substituents is 1. The highest BCUT2D eigenvalue weighted by Gasteiger charge is 2.71. The van der Waals surface area contributed by atoms with E-state index in [2.05, 4.69) is 11.9 Å². The zero-order valence-corrected chi connectivity index (χ0v) is 24.0. The third kappa shape index (κ3) is 4.11. The summed E-state index contributed by atoms with van der Waals surface area (Å²) in [6.07, 6.45) is 5.19. The molecule has 9 heteroatoms. The average molecular weight is 598 g/mol. The summed E-state index contributed by atoms with van der Waals surface area (Å²) in [5.74, 6) is -2.31. The summed E-state index contributed by atoms with van der Waals surface area (Å²) in [6, 6.07) is 25.1. The predicted octanol–water partition coefficient (Wildman–Crippen LogP) is 6.14. The number of fused-ring (bicyclic) bond motifs is 6. The van der Waals surface area contributed by atoms with E-state index in [1.165, 1.54) is 24.3 Å². The molecule has 0 aromatic heterocycles. The van der Waals surface area contributed by atoms with Crippen molar-refractivity contribution in [3.63, 3.8) is 0 Å². The number of carbonyl (C=O) groups is 3. The zero-order valence-electron chi connectivity index (χ0n) is 24.0. The first-order chi connectivity index (χ1) is 21.9. The molecule has 9 nitrogen and oxygen atoms in total. The second-order valence-corrected chi connectivity index (χ2v) is 11.2. The van der Waals surface area contributed by atoms with Crippen LogP contribution < -0.4 is 10.1 Å². The standard InChI is InChI=1S/C36H27N3O6/c1-2-20-45-29-17-8-5-14-26(29)33(41)30-31(32(40)23-11-9-12-24(21-23)39(43)44)38-19-18-22-10-3-4-13-25(22)34(38)36(30)27-15-6-7-16-28(27)37-35(36)42/h2-19,21,30-31,34H,1,20H2,(H,37,42)/t30-,31+,34-,36-/m1/s1. The highest BCUT2D eigenvalue weighted by molar-refractivity contribution is 6.17. The summed E-state index contributed by atoms with van der Waals surface area (Å²) in [5.41, 5.74) is 1.31. The molecule has 4 atom stereocenters. The number of hydrogen-bond donors (Lipinski definition) is 1. The zero-order chi connectivity index (χ0) is 31.3. The number of benzene rings is 4. The Balaban J connectivity index is 1.52. The number of amides is 1. The minimum Gasteiger partial charge on any atom is -0.489 e. The Morgan fingerprint density at radius 3 is 2.56 bits per heavy atom. The number of nitrogens with one attached hydrogen (secondary N) is 1. The third-order valence-corrected chi connectivity index (χ3v) is 8.97. The summed E-state index contributed by atoms with van der Waals surface area (Å²) in [4.78, 5) is 57.4. The van der Waals surface area contributed by atoms with E-state index in [0.29, 0.717) is 17.0 Å². The van der Waals surface area contributed by atoms with Crippen LogP contribution in [0.25, 0.3) is 6.08 Å². The van der Waals surface area contributed by atoms with Crippen molar-refractivity contribution in [1.82, 2.24) is 4.90 Å². The van der Waals surface area contributed by atoms with Gasteiger partial charge in [0.2, 0.25) is 5.91 Å². The van der Waals surface area contributed by atoms with E-state index in [-0.39, 0.29) is 23.4 Å². The molecule has 3 heterocycles. The van der Waals surface area contributed by atoms with Gasteiger partial charge in [-0.05, 0) is 41.0 Å². The molecule has 1 N–H and O–H groups in total. The molecule has 1 saturated heterocycles. The monoisotopic (exact) mass is 597 g/mol. The summed E-state index contributed by atoms with van der Waals surface area (Å²) < 4.78 is 5.88. The number of ether oxygens (including phenoxy) is 1. The number of para-hydroxylation sites is 2. The maximum absolute atomic E-state index is 15.1. The van der Waals surface area contributed by atoms with Crippen LogP contribution in [-0.2, 0) is 10.2 Å². The molecule has 4 aromatic rings. The van der Waals surface area contributed by atoms with E-state index < -0.39 is 45.8 Å². The van der Waals surface area contributed by atoms with Gasteiger partial charge >= 0.3 is 0 Å². The lowest BCUT2D eigenvalue weighted by Crippen LogP contribution is -2.49. The number of anilines is 1. The van der Waals surface area contributed by atoms with Crippen molar-refractivity contribution in [1.29, 1.82) is 0 Å². The number of carbonyl (C=O) groups excluding carboxylic acids is 3. The molecule has 0 unspecified atom stereocenters. The molecule has 4 aromatic carbocycles. The van der Waals surface area contributed by atoms with E-state index in [0.717, 1.165) is 11.1 Å². The molecule has 3 aliphatic rings. The van der Waals surface area contributed by atoms with Crippen molar-refractivity contribution >= 4 is 34.9 Å². The Kier molecular flexibility index (Phi) is 6.66. The number of ketones is 2. The van der Waals surface area contributed by atoms with Crippen LogP contribution in [0.4, 0.5) is 11.4 Å². The van der Waals surface area contributed by atoms with Crippen molar-refractivity contribution in [3.05, 3.63) is 154 Å². The van der Waals surface area contributed by atoms with Crippen molar-refractivity contribution in [2.75, 3.05) is 11.9 Å². The first-order valence-electron chi connectivity index (χ1n) is 14.5. The van der Waals surface area contributed by atoms with Gasteiger partial charge in [0.25, 0.3) is 5.69 Å². The maximum Gasteiger partial charge on any atom is 0.270 e. The Labute approximate surface area is 258 Å². The second-order valence-electron chi connectivity index (χ2n) is 11.2. The van der Waals surface area contributed by atoms with E-state index in [1.54, 1.807) is 53.6 Å². The van der Waals surface area contributed by atoms with Crippen molar-refractivity contribution in [2.45, 2.75) is 17.5 Å². The quantitative estimate of drug-likeness (QED) is 0.112. The summed E-state index contributed by atoms with van der Waals surface area (Å²) in [6.45, 7) is 3.85. The van der Waals surface area contributed by atoms with Gasteiger partial charge in [0.15, 0.2) is 11.6 Å². The second kappa shape index (κ2) is 10.7. The third-order valence-electron chi connectivity index (χ3n) is 8.97. The van der Waals surface area contributed by atoms with E-state index in [9.17, 15) is 19.7 Å². The lowest BCUT2D eigenvalue weighted by Gasteiger charge is -2.38. The Bertz CT molecular complexity index is 1950. The van der Waals surface area contributed by atoms with Gasteiger partial charge in [-0.1, -0.05) is 79.4 Å². The van der Waals surface area contributed by atoms with Gasteiger partial charge < -0.3 is 15.0 Å². The van der Waals surface area contributed by atoms with Gasteiger partial charge in [-0.3, -0.25) is 24.5 Å². The smallest absolute Gasteiger partial charge is 0.270 e. The van der Waals surface area contributed by atoms with Crippen LogP contribution in [0, 0.1) is 16.0 Å². The molecule has 3 aliphatic heterocycles. The Hall–Kier alpha value is -5.83. The van der Waals surface area contributed by atoms with Crippen LogP contribution in [0.15, 0.2) is 116 Å². The van der Waals surface area contributed by atoms with E-state index in [4.69, 9.17) is 4.74 Å². The van der Waals surface area contributed by atoms with Crippen LogP contribution in [0.5, 0.6) is 5.75 Å². The molecule has 0 saturated carbocycles. The van der Waals surface area contributed by atoms with Gasteiger partial charge in [-0.2, -0.15) is 0 Å². The largest absolute Gasteiger partial charge is 0.489 e. The lowest BCUT2D eigenvalue weighted by atomic mass is 9.62. The highest BCUT2D eigenvalue weighted by atomic mass is 16.6.